The van der Waals surface area contributed by atoms with Crippen LogP contribution in [0, 0.1) is 11.2 Å². The van der Waals surface area contributed by atoms with E-state index in [1.165, 1.54) is 68.6 Å². The van der Waals surface area contributed by atoms with E-state index < -0.39 is 140 Å². The largest absolute Gasteiger partial charge is 0.394 e. The smallest absolute Gasteiger partial charge is 0.260 e. The zero-order valence-electron chi connectivity index (χ0n) is 39.1. The Kier molecular flexibility index (Phi) is 23.6. The van der Waals surface area contributed by atoms with Crippen LogP contribution in [0.5, 0.6) is 0 Å². The van der Waals surface area contributed by atoms with E-state index >= 15 is 0 Å². The number of aliphatic hydroxyl groups excluding tert-OH is 7. The lowest BCUT2D eigenvalue weighted by Crippen LogP contribution is -2.64. The molecule has 398 valence electrons. The molecule has 2 aliphatic heterocycles. The highest BCUT2D eigenvalue weighted by Crippen LogP contribution is 2.33. The van der Waals surface area contributed by atoms with Crippen molar-refractivity contribution in [2.24, 2.45) is 10.9 Å². The lowest BCUT2D eigenvalue weighted by Gasteiger charge is -2.46. The fourth-order valence-electron chi connectivity index (χ4n) is 6.94. The van der Waals surface area contributed by atoms with Crippen molar-refractivity contribution in [2.75, 3.05) is 44.0 Å². The number of hydrogen-bond donors (Lipinski definition) is 15. The molecule has 2 saturated heterocycles. The second-order valence-electron chi connectivity index (χ2n) is 16.5. The average Bonchev–Trinajstić information content (AvgIpc) is 3.35. The van der Waals surface area contributed by atoms with Gasteiger partial charge in [-0.05, 0) is 68.7 Å². The van der Waals surface area contributed by atoms with E-state index in [0.29, 0.717) is 16.8 Å². The molecule has 2 aliphatic rings. The van der Waals surface area contributed by atoms with Crippen LogP contribution >= 0.6 is 11.8 Å². The quantitative estimate of drug-likeness (QED) is 0.0139. The molecular weight excluding hydrogens is 978 g/mol. The van der Waals surface area contributed by atoms with E-state index in [4.69, 9.17) is 30.2 Å². The number of nitrogens with one attached hydrogen (secondary N) is 7. The highest BCUT2D eigenvalue weighted by Gasteiger charge is 2.50. The molecule has 16 N–H and O–H groups in total. The third kappa shape index (κ3) is 18.0. The van der Waals surface area contributed by atoms with Crippen molar-refractivity contribution in [3.05, 3.63) is 65.5 Å². The summed E-state index contributed by atoms with van der Waals surface area (Å²) in [6.45, 7) is 0.0567. The molecule has 2 heterocycles. The van der Waals surface area contributed by atoms with Gasteiger partial charge in [-0.1, -0.05) is 17.3 Å². The summed E-state index contributed by atoms with van der Waals surface area (Å²) in [5.41, 5.74) is 5.29. The maximum Gasteiger partial charge on any atom is 0.260 e. The summed E-state index contributed by atoms with van der Waals surface area (Å²) in [6, 6.07) is 7.11. The number of anilines is 1. The van der Waals surface area contributed by atoms with Gasteiger partial charge in [0.2, 0.25) is 23.6 Å². The lowest BCUT2D eigenvalue weighted by atomic mass is 9.97. The van der Waals surface area contributed by atoms with Crippen molar-refractivity contribution >= 4 is 64.9 Å². The van der Waals surface area contributed by atoms with Gasteiger partial charge < -0.3 is 92.4 Å². The highest BCUT2D eigenvalue weighted by molar-refractivity contribution is 7.99. The van der Waals surface area contributed by atoms with Crippen LogP contribution in [-0.4, -0.2) is 201 Å². The first-order valence-electron chi connectivity index (χ1n) is 22.5. The summed E-state index contributed by atoms with van der Waals surface area (Å²) in [4.78, 5) is 83.6. The molecule has 0 aromatic heterocycles. The number of ketones is 1. The summed E-state index contributed by atoms with van der Waals surface area (Å²) in [5.74, 6) is -5.21. The maximum atomic E-state index is 14.0. The first kappa shape index (κ1) is 58.6. The number of hydrogen-bond acceptors (Lipinski definition) is 20. The summed E-state index contributed by atoms with van der Waals surface area (Å²) in [5, 5.41) is 98.5. The van der Waals surface area contributed by atoms with E-state index in [1.54, 1.807) is 0 Å². The zero-order valence-corrected chi connectivity index (χ0v) is 39.9. The number of ether oxygens (including phenoxy) is 3. The number of guanidine groups is 1. The third-order valence-electron chi connectivity index (χ3n) is 11.0. The Hall–Kier alpha value is -5.92. The second-order valence-corrected chi connectivity index (χ2v) is 17.7. The molecule has 28 heteroatoms. The molecule has 0 bridgehead atoms. The fraction of sp³-hybridized carbons (Fsp3) is 0.545. The van der Waals surface area contributed by atoms with Gasteiger partial charge in [0.15, 0.2) is 24.6 Å². The van der Waals surface area contributed by atoms with Gasteiger partial charge in [0.05, 0.1) is 19.4 Å². The average molecular weight is 1040 g/mol. The number of thioether (sulfide) groups is 1. The van der Waals surface area contributed by atoms with Gasteiger partial charge in [0, 0.05) is 36.5 Å². The van der Waals surface area contributed by atoms with Crippen molar-refractivity contribution in [2.45, 2.75) is 112 Å². The van der Waals surface area contributed by atoms with Crippen LogP contribution in [0.2, 0.25) is 0 Å². The van der Waals surface area contributed by atoms with E-state index in [1.807, 2.05) is 0 Å². The van der Waals surface area contributed by atoms with Gasteiger partial charge in [-0.25, -0.2) is 4.39 Å². The van der Waals surface area contributed by atoms with Gasteiger partial charge in [0.25, 0.3) is 5.91 Å². The molecule has 4 rings (SSSR count). The fourth-order valence-corrected chi connectivity index (χ4v) is 8.05. The van der Waals surface area contributed by atoms with Crippen LogP contribution in [0.3, 0.4) is 0 Å². The normalized spacial score (nSPS) is 25.2. The van der Waals surface area contributed by atoms with Crippen LogP contribution < -0.4 is 37.6 Å². The molecule has 0 spiro atoms. The zero-order chi connectivity index (χ0) is 53.1. The van der Waals surface area contributed by atoms with E-state index in [-0.39, 0.29) is 43.3 Å². The van der Waals surface area contributed by atoms with Crippen LogP contribution in [0.15, 0.2) is 53.7 Å². The number of amides is 5. The van der Waals surface area contributed by atoms with Crippen LogP contribution in [0.4, 0.5) is 10.1 Å². The molecule has 2 aromatic rings. The Balaban J connectivity index is 1.42. The van der Waals surface area contributed by atoms with E-state index in [9.17, 15) is 68.9 Å². The summed E-state index contributed by atoms with van der Waals surface area (Å²) in [6.07, 6.45) is -14.1. The molecular formula is C44H62FN9O17S. The molecule has 72 heavy (non-hydrogen) atoms. The van der Waals surface area contributed by atoms with Crippen molar-refractivity contribution in [1.29, 1.82) is 5.41 Å². The molecule has 2 fully saturated rings. The Morgan fingerprint density at radius 1 is 0.819 bits per heavy atom. The molecule has 0 saturated carbocycles. The van der Waals surface area contributed by atoms with Gasteiger partial charge in [-0.15, -0.1) is 11.8 Å². The summed E-state index contributed by atoms with van der Waals surface area (Å²) in [7, 11) is 0. The van der Waals surface area contributed by atoms with E-state index in [0.717, 1.165) is 11.8 Å². The first-order chi connectivity index (χ1) is 34.2. The van der Waals surface area contributed by atoms with Crippen molar-refractivity contribution in [3.8, 4) is 0 Å². The molecule has 4 unspecified atom stereocenters. The van der Waals surface area contributed by atoms with E-state index in [2.05, 4.69) is 37.1 Å². The lowest BCUT2D eigenvalue weighted by molar-refractivity contribution is -0.338. The number of aliphatic hydroxyl groups is 7. The minimum atomic E-state index is -1.87. The van der Waals surface area contributed by atoms with Crippen molar-refractivity contribution in [3.63, 3.8) is 0 Å². The second kappa shape index (κ2) is 28.9. The Bertz CT molecular complexity index is 2160. The third-order valence-corrected chi connectivity index (χ3v) is 12.2. The maximum absolute atomic E-state index is 14.0. The standard InChI is InChI=1S/C44H62FN9O17S/c1-21(39(65)52-26-11-7-24(8-12-26)22(2)57)51-40(66)27(4-3-14-48-44(46)47)54-41(67)28(17-49-32(59)20-68-50-16-23-5-9-25(45)10-6-23)53-31(58)13-15-72-43-37(64)35(62)38(30(19-56)70-43)71-42-36(63)34(61)33(60)29(18-55)69-42/h5-12,16,21,27-30,33-38,42-43,55-56,60-64H,3-4,13-15,17-20H2,1-2H3,(H,49,59)(H,51,66)(H,52,65)(H,53,58)(H,54,67)(H4,46,47,48)/b50-16-/t21-,27-,28-,29?,30?,33-,34+,35?,36?,37-,38-,42+,43-/m1/s1. The molecule has 13 atom stereocenters. The Morgan fingerprint density at radius 2 is 1.49 bits per heavy atom. The molecule has 5 amide bonds. The number of nitrogens with two attached hydrogens (primary N) is 1. The Labute approximate surface area is 416 Å². The van der Waals surface area contributed by atoms with Gasteiger partial charge in [-0.2, -0.15) is 0 Å². The number of halogens is 1. The number of carbonyl (C=O) groups excluding carboxylic acids is 6. The highest BCUT2D eigenvalue weighted by atomic mass is 32.2. The summed E-state index contributed by atoms with van der Waals surface area (Å²) < 4.78 is 29.9. The molecule has 2 aromatic carbocycles. The van der Waals surface area contributed by atoms with Crippen LogP contribution in [0.25, 0.3) is 0 Å². The topological polar surface area (TPSA) is 415 Å². The van der Waals surface area contributed by atoms with Crippen molar-refractivity contribution in [1.82, 2.24) is 26.6 Å². The predicted molar refractivity (Wildman–Crippen MR) is 252 cm³/mol. The monoisotopic (exact) mass is 1040 g/mol. The van der Waals surface area contributed by atoms with Crippen molar-refractivity contribution < 1.29 is 88.0 Å². The minimum absolute atomic E-state index is 0.0823. The number of carbonyl (C=O) groups is 6. The first-order valence-corrected chi connectivity index (χ1v) is 23.5. The predicted octanol–water partition coefficient (Wildman–Crippen LogP) is -4.38. The minimum Gasteiger partial charge on any atom is -0.394 e. The summed E-state index contributed by atoms with van der Waals surface area (Å²) >= 11 is 0.817. The molecule has 26 nitrogen and oxygen atoms in total. The SMILES string of the molecule is CC(=O)c1ccc(NC(=O)[C@@H](C)NC(=O)[C@@H](CCCNC(=N)N)NC(=O)[C@@H](CNC(=O)CO/N=C\c2ccc(F)cc2)NC(=O)CCS[C@H]2OC(CO)[C@@H](O[C@@H]3OC(CO)[C@@H](O)[C@H](O)C3O)C(O)[C@H]2O)cc1. The Morgan fingerprint density at radius 3 is 2.12 bits per heavy atom. The number of oxime groups is 1. The molecule has 0 radical (unpaired) electrons. The molecule has 0 aliphatic carbocycles. The number of rotatable bonds is 26. The van der Waals surface area contributed by atoms with Crippen LogP contribution in [-0.2, 0) is 43.0 Å². The number of benzene rings is 2. The van der Waals surface area contributed by atoms with Crippen LogP contribution in [0.1, 0.15) is 49.0 Å². The van der Waals surface area contributed by atoms with Gasteiger partial charge in [-0.3, -0.25) is 34.2 Å². The number of Topliss-reactive ketones (excluding diaryl/α,β-unsaturated/α-hetero) is 1. The number of nitrogens with zero attached hydrogens (tertiary/aromatic N) is 1. The van der Waals surface area contributed by atoms with Gasteiger partial charge >= 0.3 is 0 Å². The van der Waals surface area contributed by atoms with Gasteiger partial charge in [0.1, 0.15) is 78.2 Å².